The predicted molar refractivity (Wildman–Crippen MR) is 111 cm³/mol. The lowest BCUT2D eigenvalue weighted by molar-refractivity contribution is 0.105. The second-order valence-corrected chi connectivity index (χ2v) is 9.29. The molecule has 0 spiro atoms. The number of aryl methyl sites for hydroxylation is 2. The third-order valence-corrected chi connectivity index (χ3v) is 7.03. The number of hydrogen-bond acceptors (Lipinski definition) is 5. The molecule has 0 amide bonds. The van der Waals surface area contributed by atoms with Crippen LogP contribution in [0.25, 0.3) is 5.57 Å². The van der Waals surface area contributed by atoms with E-state index in [0.29, 0.717) is 22.7 Å². The third kappa shape index (κ3) is 3.39. The topological polar surface area (TPSA) is 76.1 Å². The summed E-state index contributed by atoms with van der Waals surface area (Å²) in [7, 11) is -3.72. The van der Waals surface area contributed by atoms with Gasteiger partial charge in [0, 0.05) is 22.7 Å². The van der Waals surface area contributed by atoms with E-state index in [4.69, 9.17) is 0 Å². The maximum Gasteiger partial charge on any atom is 0.263 e. The Kier molecular flexibility index (Phi) is 4.64. The van der Waals surface area contributed by atoms with Gasteiger partial charge in [-0.3, -0.25) is 9.52 Å². The zero-order chi connectivity index (χ0) is 19.9. The molecule has 1 N–H and O–H groups in total. The number of hydrogen-bond donors (Lipinski definition) is 1. The minimum Gasteiger partial charge on any atom is -0.289 e. The van der Waals surface area contributed by atoms with E-state index in [9.17, 15) is 13.2 Å². The van der Waals surface area contributed by atoms with Gasteiger partial charge in [0.15, 0.2) is 10.9 Å². The summed E-state index contributed by atoms with van der Waals surface area (Å²) in [6.07, 6.45) is 3.94. The summed E-state index contributed by atoms with van der Waals surface area (Å²) in [4.78, 5) is 17.1. The summed E-state index contributed by atoms with van der Waals surface area (Å²) in [6.45, 7) is 3.99. The van der Waals surface area contributed by atoms with Crippen molar-refractivity contribution in [2.75, 3.05) is 4.72 Å². The van der Waals surface area contributed by atoms with Crippen LogP contribution in [0.15, 0.2) is 58.9 Å². The quantitative estimate of drug-likeness (QED) is 0.633. The van der Waals surface area contributed by atoms with Gasteiger partial charge in [0.2, 0.25) is 0 Å². The Balaban J connectivity index is 1.62. The van der Waals surface area contributed by atoms with E-state index in [1.807, 2.05) is 38.1 Å². The Bertz CT molecular complexity index is 1210. The lowest BCUT2D eigenvalue weighted by Crippen LogP contribution is -2.13. The number of aromatic nitrogens is 1. The maximum absolute atomic E-state index is 13.0. The Hall–Kier alpha value is -2.77. The molecule has 0 aliphatic heterocycles. The van der Waals surface area contributed by atoms with Gasteiger partial charge in [0.25, 0.3) is 10.0 Å². The van der Waals surface area contributed by atoms with Gasteiger partial charge in [-0.2, -0.15) is 0 Å². The van der Waals surface area contributed by atoms with Crippen molar-refractivity contribution in [3.63, 3.8) is 0 Å². The summed E-state index contributed by atoms with van der Waals surface area (Å²) in [5, 5.41) is 2.03. The maximum atomic E-state index is 13.0. The summed E-state index contributed by atoms with van der Waals surface area (Å²) in [5.41, 5.74) is 5.09. The average Bonchev–Trinajstić information content (AvgIpc) is 3.32. The van der Waals surface area contributed by atoms with E-state index in [1.165, 1.54) is 17.4 Å². The fourth-order valence-electron chi connectivity index (χ4n) is 3.19. The van der Waals surface area contributed by atoms with Crippen LogP contribution in [0, 0.1) is 13.8 Å². The van der Waals surface area contributed by atoms with Crippen molar-refractivity contribution in [2.24, 2.45) is 0 Å². The molecule has 0 atom stereocenters. The molecule has 1 aromatic heterocycles. The Morgan fingerprint density at radius 3 is 2.64 bits per heavy atom. The number of nitrogens with one attached hydrogen (secondary N) is 1. The van der Waals surface area contributed by atoms with Crippen molar-refractivity contribution in [1.29, 1.82) is 0 Å². The van der Waals surface area contributed by atoms with Crippen molar-refractivity contribution in [3.8, 4) is 0 Å². The SMILES string of the molecule is Cc1ccc(C(=O)C2=CCc3cc(S(=O)(=O)Nc4nccs4)ccc32)cc1C. The van der Waals surface area contributed by atoms with Gasteiger partial charge >= 0.3 is 0 Å². The number of anilines is 1. The van der Waals surface area contributed by atoms with Crippen LogP contribution in [0.4, 0.5) is 5.13 Å². The van der Waals surface area contributed by atoms with Crippen LogP contribution in [0.3, 0.4) is 0 Å². The summed E-state index contributed by atoms with van der Waals surface area (Å²) in [5.74, 6) is -0.0432. The lowest BCUT2D eigenvalue weighted by Gasteiger charge is -2.10. The third-order valence-electron chi connectivity index (χ3n) is 4.87. The smallest absolute Gasteiger partial charge is 0.263 e. The summed E-state index contributed by atoms with van der Waals surface area (Å²) >= 11 is 1.22. The molecule has 0 bridgehead atoms. The number of thiazole rings is 1. The Morgan fingerprint density at radius 2 is 1.93 bits per heavy atom. The lowest BCUT2D eigenvalue weighted by atomic mass is 9.96. The first-order valence-electron chi connectivity index (χ1n) is 8.73. The second-order valence-electron chi connectivity index (χ2n) is 6.71. The highest BCUT2D eigenvalue weighted by Gasteiger charge is 2.24. The number of Topliss-reactive ketones (excluding diaryl/α,β-unsaturated/α-hetero) is 1. The highest BCUT2D eigenvalue weighted by atomic mass is 32.2. The van der Waals surface area contributed by atoms with Crippen LogP contribution < -0.4 is 4.72 Å². The molecule has 0 radical (unpaired) electrons. The molecule has 0 fully saturated rings. The summed E-state index contributed by atoms with van der Waals surface area (Å²) in [6, 6.07) is 10.5. The van der Waals surface area contributed by atoms with Crippen molar-refractivity contribution in [1.82, 2.24) is 4.98 Å². The molecular formula is C21H18N2O3S2. The molecule has 1 heterocycles. The second kappa shape index (κ2) is 7.00. The molecule has 2 aromatic carbocycles. The molecule has 4 rings (SSSR count). The van der Waals surface area contributed by atoms with Crippen LogP contribution in [-0.2, 0) is 16.4 Å². The van der Waals surface area contributed by atoms with E-state index < -0.39 is 10.0 Å². The van der Waals surface area contributed by atoms with Gasteiger partial charge < -0.3 is 0 Å². The van der Waals surface area contributed by atoms with Crippen LogP contribution in [0.1, 0.15) is 32.6 Å². The monoisotopic (exact) mass is 410 g/mol. The molecular weight excluding hydrogens is 392 g/mol. The standard InChI is InChI=1S/C21H18N2O3S2/c1-13-3-4-16(11-14(13)2)20(24)19-7-5-15-12-17(6-8-18(15)19)28(25,26)23-21-22-9-10-27-21/h3-4,6-12H,5H2,1-2H3,(H,22,23). The minimum atomic E-state index is -3.72. The largest absolute Gasteiger partial charge is 0.289 e. The van der Waals surface area contributed by atoms with Crippen molar-refractivity contribution >= 4 is 37.8 Å². The van der Waals surface area contributed by atoms with E-state index >= 15 is 0 Å². The zero-order valence-corrected chi connectivity index (χ0v) is 17.0. The number of fused-ring (bicyclic) bond motifs is 1. The van der Waals surface area contributed by atoms with Crippen molar-refractivity contribution in [3.05, 3.63) is 81.9 Å². The number of ketones is 1. The molecule has 3 aromatic rings. The van der Waals surface area contributed by atoms with E-state index in [2.05, 4.69) is 9.71 Å². The Labute approximate surface area is 167 Å². The normalized spacial score (nSPS) is 13.1. The highest BCUT2D eigenvalue weighted by molar-refractivity contribution is 7.93. The first kappa shape index (κ1) is 18.6. The first-order valence-corrected chi connectivity index (χ1v) is 11.1. The van der Waals surface area contributed by atoms with E-state index in [-0.39, 0.29) is 10.7 Å². The number of carbonyl (C=O) groups is 1. The number of rotatable bonds is 5. The van der Waals surface area contributed by atoms with E-state index in [0.717, 1.165) is 22.3 Å². The summed E-state index contributed by atoms with van der Waals surface area (Å²) < 4.78 is 27.6. The molecule has 28 heavy (non-hydrogen) atoms. The number of nitrogens with zero attached hydrogens (tertiary/aromatic N) is 1. The van der Waals surface area contributed by atoms with Gasteiger partial charge in [-0.25, -0.2) is 13.4 Å². The average molecular weight is 411 g/mol. The van der Waals surface area contributed by atoms with Gasteiger partial charge in [0.05, 0.1) is 4.90 Å². The minimum absolute atomic E-state index is 0.0432. The number of benzene rings is 2. The molecule has 0 saturated carbocycles. The highest BCUT2D eigenvalue weighted by Crippen LogP contribution is 2.32. The fourth-order valence-corrected chi connectivity index (χ4v) is 5.03. The fraction of sp³-hybridized carbons (Fsp3) is 0.143. The number of allylic oxidation sites excluding steroid dienone is 2. The zero-order valence-electron chi connectivity index (χ0n) is 15.4. The molecule has 5 nitrogen and oxygen atoms in total. The number of sulfonamides is 1. The van der Waals surface area contributed by atoms with Crippen molar-refractivity contribution < 1.29 is 13.2 Å². The van der Waals surface area contributed by atoms with Gasteiger partial charge in [-0.1, -0.05) is 24.3 Å². The molecule has 1 aliphatic carbocycles. The van der Waals surface area contributed by atoms with Gasteiger partial charge in [-0.15, -0.1) is 11.3 Å². The predicted octanol–water partition coefficient (Wildman–Crippen LogP) is 4.38. The van der Waals surface area contributed by atoms with E-state index in [1.54, 1.807) is 23.7 Å². The first-order chi connectivity index (χ1) is 13.3. The van der Waals surface area contributed by atoms with Gasteiger partial charge in [-0.05, 0) is 60.7 Å². The van der Waals surface area contributed by atoms with Crippen LogP contribution in [0.2, 0.25) is 0 Å². The Morgan fingerprint density at radius 1 is 1.11 bits per heavy atom. The van der Waals surface area contributed by atoms with Crippen LogP contribution >= 0.6 is 11.3 Å². The van der Waals surface area contributed by atoms with Crippen molar-refractivity contribution in [2.45, 2.75) is 25.2 Å². The van der Waals surface area contributed by atoms with Crippen LogP contribution in [-0.4, -0.2) is 19.2 Å². The molecule has 7 heteroatoms. The van der Waals surface area contributed by atoms with Crippen LogP contribution in [0.5, 0.6) is 0 Å². The molecule has 0 unspecified atom stereocenters. The molecule has 0 saturated heterocycles. The number of carbonyl (C=O) groups excluding carboxylic acids is 1. The van der Waals surface area contributed by atoms with Gasteiger partial charge in [0.1, 0.15) is 0 Å². The molecule has 142 valence electrons. The molecule has 1 aliphatic rings.